The molecule has 0 radical (unpaired) electrons. The fraction of sp³-hybridized carbons (Fsp3) is 0.273. The van der Waals surface area contributed by atoms with Gasteiger partial charge in [-0.05, 0) is 30.9 Å². The van der Waals surface area contributed by atoms with Crippen molar-refractivity contribution in [1.29, 1.82) is 0 Å². The Morgan fingerprint density at radius 2 is 1.92 bits per heavy atom. The van der Waals surface area contributed by atoms with E-state index in [1.807, 2.05) is 0 Å². The van der Waals surface area contributed by atoms with Gasteiger partial charge < -0.3 is 0 Å². The zero-order chi connectivity index (χ0) is 8.81. The fourth-order valence-corrected chi connectivity index (χ4v) is 1.58. The first-order valence-corrected chi connectivity index (χ1v) is 5.09. The number of allylic oxidation sites excluding steroid dienone is 1. The van der Waals surface area contributed by atoms with E-state index in [-0.39, 0.29) is 0 Å². The molecular weight excluding hydrogens is 164 g/mol. The molecule has 12 heavy (non-hydrogen) atoms. The molecule has 1 aromatic carbocycles. The van der Waals surface area contributed by atoms with E-state index in [2.05, 4.69) is 49.6 Å². The number of aryl methyl sites for hydroxylation is 1. The van der Waals surface area contributed by atoms with Crippen LogP contribution >= 0.6 is 11.8 Å². The third-order valence-corrected chi connectivity index (χ3v) is 2.43. The fourth-order valence-electron chi connectivity index (χ4n) is 0.840. The lowest BCUT2D eigenvalue weighted by Crippen LogP contribution is -1.70. The molecule has 0 aliphatic carbocycles. The predicted octanol–water partition coefficient (Wildman–Crippen LogP) is 4.01. The van der Waals surface area contributed by atoms with Gasteiger partial charge in [-0.3, -0.25) is 0 Å². The van der Waals surface area contributed by atoms with Gasteiger partial charge in [0.1, 0.15) is 0 Å². The monoisotopic (exact) mass is 178 g/mol. The predicted molar refractivity (Wildman–Crippen MR) is 56.5 cm³/mol. The van der Waals surface area contributed by atoms with Crippen molar-refractivity contribution < 1.29 is 0 Å². The number of benzene rings is 1. The van der Waals surface area contributed by atoms with Crippen molar-refractivity contribution in [2.75, 3.05) is 0 Å². The molecule has 0 heterocycles. The molecule has 0 aromatic heterocycles. The first kappa shape index (κ1) is 9.40. The summed E-state index contributed by atoms with van der Waals surface area (Å²) in [6, 6.07) is 8.59. The van der Waals surface area contributed by atoms with E-state index >= 15 is 0 Å². The normalized spacial score (nSPS) is 10.8. The number of rotatable bonds is 3. The van der Waals surface area contributed by atoms with Gasteiger partial charge in [0.2, 0.25) is 0 Å². The Morgan fingerprint density at radius 1 is 1.25 bits per heavy atom. The van der Waals surface area contributed by atoms with Crippen molar-refractivity contribution in [3.05, 3.63) is 41.3 Å². The molecule has 0 N–H and O–H groups in total. The van der Waals surface area contributed by atoms with Crippen LogP contribution in [0.15, 0.2) is 40.6 Å². The van der Waals surface area contributed by atoms with Gasteiger partial charge in [-0.25, -0.2) is 0 Å². The van der Waals surface area contributed by atoms with Crippen LogP contribution in [-0.4, -0.2) is 0 Å². The lowest BCUT2D eigenvalue weighted by Gasteiger charge is -1.95. The van der Waals surface area contributed by atoms with Crippen LogP contribution in [0.4, 0.5) is 0 Å². The third-order valence-electron chi connectivity index (χ3n) is 1.56. The highest BCUT2D eigenvalue weighted by Crippen LogP contribution is 2.19. The molecule has 0 spiro atoms. The van der Waals surface area contributed by atoms with Crippen molar-refractivity contribution in [3.8, 4) is 0 Å². The highest BCUT2D eigenvalue weighted by molar-refractivity contribution is 8.02. The lowest BCUT2D eigenvalue weighted by atomic mass is 10.2. The highest BCUT2D eigenvalue weighted by Gasteiger charge is 1.88. The summed E-state index contributed by atoms with van der Waals surface area (Å²) >= 11 is 1.77. The number of hydrogen-bond donors (Lipinski definition) is 0. The van der Waals surface area contributed by atoms with Crippen LogP contribution in [0.5, 0.6) is 0 Å². The molecule has 0 fully saturated rings. The average molecular weight is 178 g/mol. The first-order chi connectivity index (χ1) is 5.83. The summed E-state index contributed by atoms with van der Waals surface area (Å²) in [6.45, 7) is 4.25. The second kappa shape index (κ2) is 5.04. The van der Waals surface area contributed by atoms with Crippen LogP contribution in [0, 0.1) is 6.92 Å². The standard InChI is InChI=1S/C11H14S/c1-3-4-9-12-11-7-5-10(2)6-8-11/h4-9H,3H2,1-2H3/b9-4+. The average Bonchev–Trinajstić information content (AvgIpc) is 2.09. The van der Waals surface area contributed by atoms with E-state index in [1.54, 1.807) is 11.8 Å². The van der Waals surface area contributed by atoms with E-state index in [1.165, 1.54) is 10.5 Å². The van der Waals surface area contributed by atoms with Gasteiger partial charge in [0.15, 0.2) is 0 Å². The maximum Gasteiger partial charge on any atom is 0.0116 e. The SMILES string of the molecule is CC/C=C/Sc1ccc(C)cc1. The molecule has 0 amide bonds. The lowest BCUT2D eigenvalue weighted by molar-refractivity contribution is 1.23. The molecule has 1 rings (SSSR count). The maximum absolute atomic E-state index is 2.17. The molecule has 0 atom stereocenters. The van der Waals surface area contributed by atoms with Gasteiger partial charge >= 0.3 is 0 Å². The largest absolute Gasteiger partial charge is 0.0984 e. The number of hydrogen-bond acceptors (Lipinski definition) is 1. The summed E-state index contributed by atoms with van der Waals surface area (Å²) in [4.78, 5) is 1.31. The quantitative estimate of drug-likeness (QED) is 0.630. The minimum absolute atomic E-state index is 1.11. The summed E-state index contributed by atoms with van der Waals surface area (Å²) < 4.78 is 0. The minimum atomic E-state index is 1.11. The van der Waals surface area contributed by atoms with Crippen LogP contribution in [0.3, 0.4) is 0 Å². The summed E-state index contributed by atoms with van der Waals surface area (Å²) in [5.74, 6) is 0. The Balaban J connectivity index is 2.53. The Kier molecular flexibility index (Phi) is 3.95. The molecule has 0 nitrogen and oxygen atoms in total. The molecule has 1 aromatic rings. The van der Waals surface area contributed by atoms with Gasteiger partial charge in [0.25, 0.3) is 0 Å². The van der Waals surface area contributed by atoms with Crippen molar-refractivity contribution in [1.82, 2.24) is 0 Å². The van der Waals surface area contributed by atoms with E-state index in [0.29, 0.717) is 0 Å². The summed E-state index contributed by atoms with van der Waals surface area (Å²) in [5.41, 5.74) is 1.32. The molecule has 0 aliphatic heterocycles. The molecule has 0 saturated carbocycles. The molecule has 1 heteroatoms. The van der Waals surface area contributed by atoms with Crippen molar-refractivity contribution in [3.63, 3.8) is 0 Å². The van der Waals surface area contributed by atoms with E-state index in [9.17, 15) is 0 Å². The molecule has 0 bridgehead atoms. The van der Waals surface area contributed by atoms with Gasteiger partial charge in [-0.15, -0.1) is 0 Å². The van der Waals surface area contributed by atoms with Crippen LogP contribution < -0.4 is 0 Å². The minimum Gasteiger partial charge on any atom is -0.0984 e. The maximum atomic E-state index is 2.17. The van der Waals surface area contributed by atoms with Gasteiger partial charge in [-0.1, -0.05) is 42.5 Å². The van der Waals surface area contributed by atoms with Crippen LogP contribution in [0.2, 0.25) is 0 Å². The van der Waals surface area contributed by atoms with E-state index in [4.69, 9.17) is 0 Å². The van der Waals surface area contributed by atoms with Crippen molar-refractivity contribution in [2.24, 2.45) is 0 Å². The smallest absolute Gasteiger partial charge is 0.0116 e. The molecule has 0 aliphatic rings. The zero-order valence-electron chi connectivity index (χ0n) is 7.58. The number of thioether (sulfide) groups is 1. The molecule has 64 valence electrons. The zero-order valence-corrected chi connectivity index (χ0v) is 8.40. The van der Waals surface area contributed by atoms with Crippen LogP contribution in [0.1, 0.15) is 18.9 Å². The summed E-state index contributed by atoms with van der Waals surface area (Å²) in [5, 5.41) is 2.14. The second-order valence-corrected chi connectivity index (χ2v) is 3.69. The van der Waals surface area contributed by atoms with Gasteiger partial charge in [0, 0.05) is 4.90 Å². The van der Waals surface area contributed by atoms with Crippen molar-refractivity contribution in [2.45, 2.75) is 25.2 Å². The second-order valence-electron chi connectivity index (χ2n) is 2.71. The molecule has 0 saturated heterocycles. The van der Waals surface area contributed by atoms with Crippen LogP contribution in [-0.2, 0) is 0 Å². The summed E-state index contributed by atoms with van der Waals surface area (Å²) in [7, 11) is 0. The van der Waals surface area contributed by atoms with E-state index in [0.717, 1.165) is 6.42 Å². The van der Waals surface area contributed by atoms with Crippen molar-refractivity contribution >= 4 is 11.8 Å². The summed E-state index contributed by atoms with van der Waals surface area (Å²) in [6.07, 6.45) is 3.28. The van der Waals surface area contributed by atoms with Gasteiger partial charge in [-0.2, -0.15) is 0 Å². The van der Waals surface area contributed by atoms with Gasteiger partial charge in [0.05, 0.1) is 0 Å². The third kappa shape index (κ3) is 3.14. The molecule has 0 unspecified atom stereocenters. The Hall–Kier alpha value is -0.690. The van der Waals surface area contributed by atoms with Crippen LogP contribution in [0.25, 0.3) is 0 Å². The molecular formula is C11H14S. The Bertz CT molecular complexity index is 246. The Labute approximate surface area is 78.7 Å². The topological polar surface area (TPSA) is 0 Å². The highest BCUT2D eigenvalue weighted by atomic mass is 32.2. The van der Waals surface area contributed by atoms with E-state index < -0.39 is 0 Å². The first-order valence-electron chi connectivity index (χ1n) is 4.21. The Morgan fingerprint density at radius 3 is 2.50 bits per heavy atom.